The van der Waals surface area contributed by atoms with Gasteiger partial charge in [0.2, 0.25) is 0 Å². The molecule has 88 valence electrons. The van der Waals surface area contributed by atoms with Crippen molar-refractivity contribution in [2.24, 2.45) is 5.73 Å². The Morgan fingerprint density at radius 2 is 1.93 bits per heavy atom. The maximum atomic E-state index is 11.6. The van der Waals surface area contributed by atoms with Gasteiger partial charge in [0.1, 0.15) is 0 Å². The monoisotopic (exact) mass is 213 g/mol. The first kappa shape index (κ1) is 12.3. The molecule has 0 aliphatic heterocycles. The number of carbonyl (C=O) groups excluding carboxylic acids is 1. The smallest absolute Gasteiger partial charge is 0.315 e. The highest BCUT2D eigenvalue weighted by atomic mass is 16.2. The summed E-state index contributed by atoms with van der Waals surface area (Å²) in [5, 5.41) is 5.89. The van der Waals surface area contributed by atoms with E-state index in [1.165, 1.54) is 12.8 Å². The average Bonchev–Trinajstić information content (AvgIpc) is 2.54. The first-order chi connectivity index (χ1) is 6.92. The lowest BCUT2D eigenvalue weighted by atomic mass is 9.97. The van der Waals surface area contributed by atoms with Gasteiger partial charge in [-0.25, -0.2) is 4.79 Å². The Balaban J connectivity index is 2.34. The molecule has 0 aromatic rings. The summed E-state index contributed by atoms with van der Waals surface area (Å²) in [6.45, 7) is 5.77. The lowest BCUT2D eigenvalue weighted by Gasteiger charge is -2.30. The van der Waals surface area contributed by atoms with Crippen molar-refractivity contribution in [2.75, 3.05) is 0 Å². The van der Waals surface area contributed by atoms with Crippen LogP contribution in [0.4, 0.5) is 4.79 Å². The van der Waals surface area contributed by atoms with Gasteiger partial charge in [-0.05, 0) is 33.6 Å². The molecular formula is C11H23N3O. The van der Waals surface area contributed by atoms with E-state index >= 15 is 0 Å². The highest BCUT2D eigenvalue weighted by Gasteiger charge is 2.26. The van der Waals surface area contributed by atoms with E-state index < -0.39 is 0 Å². The number of nitrogens with one attached hydrogen (secondary N) is 2. The summed E-state index contributed by atoms with van der Waals surface area (Å²) < 4.78 is 0. The molecule has 1 fully saturated rings. The van der Waals surface area contributed by atoms with Crippen LogP contribution in [0.25, 0.3) is 0 Å². The number of hydrogen-bond acceptors (Lipinski definition) is 2. The van der Waals surface area contributed by atoms with Crippen LogP contribution in [0.15, 0.2) is 0 Å². The Morgan fingerprint density at radius 1 is 1.40 bits per heavy atom. The predicted molar refractivity (Wildman–Crippen MR) is 61.7 cm³/mol. The molecule has 1 unspecified atom stereocenters. The molecule has 1 saturated carbocycles. The Hall–Kier alpha value is -0.770. The molecule has 0 aromatic carbocycles. The van der Waals surface area contributed by atoms with E-state index in [1.54, 1.807) is 0 Å². The van der Waals surface area contributed by atoms with Crippen molar-refractivity contribution in [1.82, 2.24) is 10.6 Å². The van der Waals surface area contributed by atoms with Crippen LogP contribution in [0.2, 0.25) is 0 Å². The van der Waals surface area contributed by atoms with Crippen LogP contribution < -0.4 is 16.4 Å². The van der Waals surface area contributed by atoms with Crippen molar-refractivity contribution in [3.8, 4) is 0 Å². The van der Waals surface area contributed by atoms with Gasteiger partial charge in [0, 0.05) is 12.1 Å². The molecule has 1 rings (SSSR count). The van der Waals surface area contributed by atoms with Crippen molar-refractivity contribution in [2.45, 2.75) is 64.1 Å². The molecule has 2 amide bonds. The molecule has 0 saturated heterocycles. The summed E-state index contributed by atoms with van der Waals surface area (Å²) in [7, 11) is 0. The molecule has 1 atom stereocenters. The third-order valence-corrected chi connectivity index (χ3v) is 3.26. The normalized spacial score (nSPS) is 20.0. The number of urea groups is 1. The van der Waals surface area contributed by atoms with Crippen LogP contribution in [0.3, 0.4) is 0 Å². The Labute approximate surface area is 92.0 Å². The second-order valence-corrected chi connectivity index (χ2v) is 5.09. The third-order valence-electron chi connectivity index (χ3n) is 3.26. The summed E-state index contributed by atoms with van der Waals surface area (Å²) >= 11 is 0. The van der Waals surface area contributed by atoms with Gasteiger partial charge in [0.25, 0.3) is 0 Å². The molecule has 0 bridgehead atoms. The van der Waals surface area contributed by atoms with Crippen LogP contribution in [0.1, 0.15) is 46.5 Å². The van der Waals surface area contributed by atoms with Crippen LogP contribution in [0, 0.1) is 0 Å². The predicted octanol–water partition coefficient (Wildman–Crippen LogP) is 1.35. The molecule has 0 spiro atoms. The molecule has 1 aliphatic rings. The summed E-state index contributed by atoms with van der Waals surface area (Å²) in [6, 6.07) is 0.199. The fourth-order valence-electron chi connectivity index (χ4n) is 1.70. The van der Waals surface area contributed by atoms with E-state index in [4.69, 9.17) is 5.73 Å². The average molecular weight is 213 g/mol. The SMILES string of the molecule is CC(N)C(C)(C)NC(=O)NC1CCCC1. The van der Waals surface area contributed by atoms with E-state index in [2.05, 4.69) is 10.6 Å². The number of amides is 2. The molecule has 4 nitrogen and oxygen atoms in total. The highest BCUT2D eigenvalue weighted by molar-refractivity contribution is 5.75. The fraction of sp³-hybridized carbons (Fsp3) is 0.909. The van der Waals surface area contributed by atoms with Gasteiger partial charge in [0.15, 0.2) is 0 Å². The zero-order chi connectivity index (χ0) is 11.5. The summed E-state index contributed by atoms with van der Waals surface area (Å²) in [5.74, 6) is 0. The maximum Gasteiger partial charge on any atom is 0.315 e. The van der Waals surface area contributed by atoms with Crippen molar-refractivity contribution >= 4 is 6.03 Å². The van der Waals surface area contributed by atoms with Gasteiger partial charge >= 0.3 is 6.03 Å². The van der Waals surface area contributed by atoms with E-state index in [9.17, 15) is 4.79 Å². The fourth-order valence-corrected chi connectivity index (χ4v) is 1.70. The Bertz CT molecular complexity index is 220. The number of hydrogen-bond donors (Lipinski definition) is 3. The van der Waals surface area contributed by atoms with Crippen LogP contribution in [0.5, 0.6) is 0 Å². The van der Waals surface area contributed by atoms with E-state index in [-0.39, 0.29) is 17.6 Å². The Kier molecular flexibility index (Phi) is 3.97. The van der Waals surface area contributed by atoms with Gasteiger partial charge in [-0.2, -0.15) is 0 Å². The molecule has 1 aliphatic carbocycles. The van der Waals surface area contributed by atoms with Gasteiger partial charge in [-0.15, -0.1) is 0 Å². The van der Waals surface area contributed by atoms with Crippen LogP contribution >= 0.6 is 0 Å². The molecule has 0 aromatic heterocycles. The summed E-state index contributed by atoms with van der Waals surface area (Å²) in [4.78, 5) is 11.6. The molecule has 0 radical (unpaired) electrons. The molecule has 0 heterocycles. The van der Waals surface area contributed by atoms with Crippen LogP contribution in [-0.2, 0) is 0 Å². The first-order valence-electron chi connectivity index (χ1n) is 5.76. The summed E-state index contributed by atoms with van der Waals surface area (Å²) in [5.41, 5.74) is 5.43. The lowest BCUT2D eigenvalue weighted by Crippen LogP contribution is -2.58. The van der Waals surface area contributed by atoms with E-state index in [0.29, 0.717) is 6.04 Å². The first-order valence-corrected chi connectivity index (χ1v) is 5.76. The van der Waals surface area contributed by atoms with E-state index in [0.717, 1.165) is 12.8 Å². The van der Waals surface area contributed by atoms with Gasteiger partial charge in [-0.3, -0.25) is 0 Å². The highest BCUT2D eigenvalue weighted by Crippen LogP contribution is 2.17. The number of carbonyl (C=O) groups is 1. The van der Waals surface area contributed by atoms with Crippen molar-refractivity contribution in [3.05, 3.63) is 0 Å². The van der Waals surface area contributed by atoms with Crippen LogP contribution in [-0.4, -0.2) is 23.7 Å². The van der Waals surface area contributed by atoms with E-state index in [1.807, 2.05) is 20.8 Å². The Morgan fingerprint density at radius 3 is 2.40 bits per heavy atom. The molecular weight excluding hydrogens is 190 g/mol. The van der Waals surface area contributed by atoms with Gasteiger partial charge in [0.05, 0.1) is 5.54 Å². The van der Waals surface area contributed by atoms with Crippen molar-refractivity contribution < 1.29 is 4.79 Å². The minimum atomic E-state index is -0.358. The van der Waals surface area contributed by atoms with Crippen molar-refractivity contribution in [1.29, 1.82) is 0 Å². The summed E-state index contributed by atoms with van der Waals surface area (Å²) in [6.07, 6.45) is 4.65. The molecule has 15 heavy (non-hydrogen) atoms. The molecule has 4 N–H and O–H groups in total. The lowest BCUT2D eigenvalue weighted by molar-refractivity contribution is 0.221. The standard InChI is InChI=1S/C11H23N3O/c1-8(12)11(2,3)14-10(15)13-9-6-4-5-7-9/h8-9H,4-7,12H2,1-3H3,(H2,13,14,15). The largest absolute Gasteiger partial charge is 0.335 e. The zero-order valence-corrected chi connectivity index (χ0v) is 9.97. The minimum absolute atomic E-state index is 0.0631. The second-order valence-electron chi connectivity index (χ2n) is 5.09. The number of rotatable bonds is 3. The van der Waals surface area contributed by atoms with Gasteiger partial charge < -0.3 is 16.4 Å². The quantitative estimate of drug-likeness (QED) is 0.662. The topological polar surface area (TPSA) is 67.1 Å². The maximum absolute atomic E-state index is 11.6. The number of nitrogens with two attached hydrogens (primary N) is 1. The minimum Gasteiger partial charge on any atom is -0.335 e. The van der Waals surface area contributed by atoms with Gasteiger partial charge in [-0.1, -0.05) is 12.8 Å². The molecule has 4 heteroatoms. The van der Waals surface area contributed by atoms with Crippen molar-refractivity contribution in [3.63, 3.8) is 0 Å². The zero-order valence-electron chi connectivity index (χ0n) is 9.97. The third kappa shape index (κ3) is 3.70. The second kappa shape index (κ2) is 4.84.